The van der Waals surface area contributed by atoms with Crippen LogP contribution in [0.1, 0.15) is 16.1 Å². The lowest BCUT2D eigenvalue weighted by Crippen LogP contribution is -2.41. The molecule has 0 aliphatic heterocycles. The molecule has 138 valence electrons. The maximum atomic E-state index is 13.0. The van der Waals surface area contributed by atoms with Gasteiger partial charge in [0.2, 0.25) is 0 Å². The number of imidazole rings is 1. The van der Waals surface area contributed by atoms with Crippen LogP contribution in [-0.2, 0) is 10.0 Å². The molecule has 1 aromatic heterocycles. The molecular weight excluding hydrogens is 371 g/mol. The second kappa shape index (κ2) is 7.94. The fraction of sp³-hybridized carbons (Fsp3) is 0. The van der Waals surface area contributed by atoms with E-state index in [1.807, 2.05) is 10.9 Å². The summed E-state index contributed by atoms with van der Waals surface area (Å²) >= 11 is 0. The maximum absolute atomic E-state index is 13.0. The minimum atomic E-state index is -3.89. The molecule has 0 atom stereocenters. The van der Waals surface area contributed by atoms with Crippen molar-refractivity contribution < 1.29 is 17.6 Å². The highest BCUT2D eigenvalue weighted by atomic mass is 32.2. The van der Waals surface area contributed by atoms with Gasteiger partial charge in [0.05, 0.1) is 12.5 Å². The van der Waals surface area contributed by atoms with Gasteiger partial charge in [-0.15, -0.1) is 4.83 Å². The van der Waals surface area contributed by atoms with E-state index in [4.69, 9.17) is 0 Å². The quantitative estimate of drug-likeness (QED) is 0.636. The van der Waals surface area contributed by atoms with Crippen LogP contribution in [0, 0.1) is 5.82 Å². The summed E-state index contributed by atoms with van der Waals surface area (Å²) < 4.78 is 38.4. The van der Waals surface area contributed by atoms with Gasteiger partial charge in [-0.1, -0.05) is 30.3 Å². The van der Waals surface area contributed by atoms with Gasteiger partial charge in [0.25, 0.3) is 15.9 Å². The molecule has 0 radical (unpaired) electrons. The number of halogens is 1. The first-order chi connectivity index (χ1) is 12.9. The van der Waals surface area contributed by atoms with Crippen molar-refractivity contribution in [3.8, 4) is 5.69 Å². The number of hydrazine groups is 1. The van der Waals surface area contributed by atoms with Gasteiger partial charge in [0.1, 0.15) is 11.5 Å². The Morgan fingerprint density at radius 1 is 1.07 bits per heavy atom. The normalized spacial score (nSPS) is 11.6. The molecule has 0 unspecified atom stereocenters. The first-order valence-electron chi connectivity index (χ1n) is 7.78. The molecule has 3 rings (SSSR count). The Bertz CT molecular complexity index is 1060. The van der Waals surface area contributed by atoms with Crippen LogP contribution in [0.15, 0.2) is 72.5 Å². The van der Waals surface area contributed by atoms with Crippen molar-refractivity contribution >= 4 is 22.0 Å². The fourth-order valence-electron chi connectivity index (χ4n) is 2.22. The first kappa shape index (κ1) is 18.5. The van der Waals surface area contributed by atoms with E-state index in [0.29, 0.717) is 11.3 Å². The SMILES string of the molecule is O=C(NNS(=O)(=O)C=Cc1ccccc1)c1cncn1-c1ccc(F)cc1. The summed E-state index contributed by atoms with van der Waals surface area (Å²) in [6, 6.07) is 14.3. The van der Waals surface area contributed by atoms with Crippen LogP contribution >= 0.6 is 0 Å². The number of hydrogen-bond donors (Lipinski definition) is 2. The Morgan fingerprint density at radius 2 is 1.78 bits per heavy atom. The molecule has 2 N–H and O–H groups in total. The van der Waals surface area contributed by atoms with E-state index in [0.717, 1.165) is 5.41 Å². The summed E-state index contributed by atoms with van der Waals surface area (Å²) in [5.74, 6) is -1.13. The molecule has 0 saturated heterocycles. The topological polar surface area (TPSA) is 93.1 Å². The van der Waals surface area contributed by atoms with Gasteiger partial charge >= 0.3 is 0 Å². The van der Waals surface area contributed by atoms with E-state index >= 15 is 0 Å². The second-order valence-electron chi connectivity index (χ2n) is 5.44. The van der Waals surface area contributed by atoms with E-state index < -0.39 is 21.7 Å². The van der Waals surface area contributed by atoms with Gasteiger partial charge in [-0.3, -0.25) is 14.8 Å². The molecule has 7 nitrogen and oxygen atoms in total. The number of aromatic nitrogens is 2. The number of sulfonamides is 1. The highest BCUT2D eigenvalue weighted by Gasteiger charge is 2.15. The Labute approximate surface area is 155 Å². The summed E-state index contributed by atoms with van der Waals surface area (Å²) in [5, 5.41) is 0.944. The van der Waals surface area contributed by atoms with Gasteiger partial charge < -0.3 is 0 Å². The highest BCUT2D eigenvalue weighted by molar-refractivity contribution is 7.92. The van der Waals surface area contributed by atoms with Crippen LogP contribution in [0.4, 0.5) is 4.39 Å². The zero-order chi connectivity index (χ0) is 19.3. The van der Waals surface area contributed by atoms with Crippen molar-refractivity contribution in [3.05, 3.63) is 89.6 Å². The minimum absolute atomic E-state index is 0.0800. The van der Waals surface area contributed by atoms with E-state index in [1.54, 1.807) is 24.3 Å². The average Bonchev–Trinajstić information content (AvgIpc) is 3.16. The van der Waals surface area contributed by atoms with Gasteiger partial charge in [-0.25, -0.2) is 17.8 Å². The lowest BCUT2D eigenvalue weighted by atomic mass is 10.2. The van der Waals surface area contributed by atoms with Crippen LogP contribution in [0.5, 0.6) is 0 Å². The monoisotopic (exact) mass is 386 g/mol. The molecule has 1 amide bonds. The van der Waals surface area contributed by atoms with E-state index in [2.05, 4.69) is 10.4 Å². The molecule has 0 spiro atoms. The number of rotatable bonds is 6. The predicted octanol–water partition coefficient (Wildman–Crippen LogP) is 2.25. The highest BCUT2D eigenvalue weighted by Crippen LogP contribution is 2.12. The van der Waals surface area contributed by atoms with Crippen molar-refractivity contribution in [1.82, 2.24) is 19.8 Å². The van der Waals surface area contributed by atoms with Crippen LogP contribution < -0.4 is 10.3 Å². The molecule has 2 aromatic carbocycles. The largest absolute Gasteiger partial charge is 0.295 e. The van der Waals surface area contributed by atoms with Crippen molar-refractivity contribution in [1.29, 1.82) is 0 Å². The molecule has 1 heterocycles. The van der Waals surface area contributed by atoms with E-state index in [9.17, 15) is 17.6 Å². The van der Waals surface area contributed by atoms with Gasteiger partial charge in [0.15, 0.2) is 0 Å². The van der Waals surface area contributed by atoms with Gasteiger partial charge in [-0.2, -0.15) is 0 Å². The Morgan fingerprint density at radius 3 is 2.48 bits per heavy atom. The van der Waals surface area contributed by atoms with Crippen LogP contribution in [0.25, 0.3) is 11.8 Å². The van der Waals surface area contributed by atoms with Gasteiger partial charge in [0, 0.05) is 11.1 Å². The molecule has 0 bridgehead atoms. The smallest absolute Gasteiger partial charge is 0.284 e. The first-order valence-corrected chi connectivity index (χ1v) is 9.33. The lowest BCUT2D eigenvalue weighted by Gasteiger charge is -2.09. The third-order valence-corrected chi connectivity index (χ3v) is 4.40. The number of carbonyl (C=O) groups excluding carboxylic acids is 1. The third kappa shape index (κ3) is 4.87. The summed E-state index contributed by atoms with van der Waals surface area (Å²) in [5.41, 5.74) is 3.40. The summed E-state index contributed by atoms with van der Waals surface area (Å²) in [6.45, 7) is 0. The van der Waals surface area contributed by atoms with Crippen LogP contribution in [0.2, 0.25) is 0 Å². The number of benzene rings is 2. The van der Waals surface area contributed by atoms with Crippen molar-refractivity contribution in [2.45, 2.75) is 0 Å². The number of hydrogen-bond acceptors (Lipinski definition) is 4. The minimum Gasteiger partial charge on any atom is -0.295 e. The number of carbonyl (C=O) groups is 1. The maximum Gasteiger partial charge on any atom is 0.284 e. The predicted molar refractivity (Wildman–Crippen MR) is 98.5 cm³/mol. The zero-order valence-electron chi connectivity index (χ0n) is 13.9. The number of nitrogens with zero attached hydrogens (tertiary/aromatic N) is 2. The summed E-state index contributed by atoms with van der Waals surface area (Å²) in [7, 11) is -3.89. The number of amides is 1. The average molecular weight is 386 g/mol. The second-order valence-corrected chi connectivity index (χ2v) is 7.01. The Hall–Kier alpha value is -3.30. The molecule has 0 fully saturated rings. The van der Waals surface area contributed by atoms with Crippen molar-refractivity contribution in [2.24, 2.45) is 0 Å². The van der Waals surface area contributed by atoms with Crippen LogP contribution in [0.3, 0.4) is 0 Å². The standard InChI is InChI=1S/C18H15FN4O3S/c19-15-6-8-16(9-7-15)23-13-20-12-17(23)18(24)21-22-27(25,26)11-10-14-4-2-1-3-5-14/h1-13,22H,(H,21,24). The molecule has 3 aromatic rings. The van der Waals surface area contributed by atoms with E-state index in [1.165, 1.54) is 47.4 Å². The van der Waals surface area contributed by atoms with Crippen molar-refractivity contribution in [3.63, 3.8) is 0 Å². The third-order valence-electron chi connectivity index (χ3n) is 3.52. The zero-order valence-corrected chi connectivity index (χ0v) is 14.7. The molecule has 27 heavy (non-hydrogen) atoms. The molecule has 0 aliphatic carbocycles. The lowest BCUT2D eigenvalue weighted by molar-refractivity contribution is 0.0938. The Kier molecular flexibility index (Phi) is 5.43. The molecule has 0 saturated carbocycles. The van der Waals surface area contributed by atoms with Crippen LogP contribution in [-0.4, -0.2) is 23.9 Å². The molecular formula is C18H15FN4O3S. The Balaban J connectivity index is 1.69. The van der Waals surface area contributed by atoms with E-state index in [-0.39, 0.29) is 5.69 Å². The summed E-state index contributed by atoms with van der Waals surface area (Å²) in [6.07, 6.45) is 4.04. The summed E-state index contributed by atoms with van der Waals surface area (Å²) in [4.78, 5) is 18.2. The van der Waals surface area contributed by atoms with Gasteiger partial charge in [-0.05, 0) is 35.9 Å². The van der Waals surface area contributed by atoms with Crippen molar-refractivity contribution in [2.75, 3.05) is 0 Å². The molecule has 9 heteroatoms. The number of nitrogens with one attached hydrogen (secondary N) is 2. The fourth-order valence-corrected chi connectivity index (χ4v) is 2.86. The molecule has 0 aliphatic rings.